The van der Waals surface area contributed by atoms with Crippen LogP contribution in [0.5, 0.6) is 0 Å². The number of H-pyrrole nitrogens is 1. The lowest BCUT2D eigenvalue weighted by molar-refractivity contribution is 0.980. The predicted octanol–water partition coefficient (Wildman–Crippen LogP) is 1.29. The molecular formula is C10H9N5. The van der Waals surface area contributed by atoms with Gasteiger partial charge in [0.2, 0.25) is 0 Å². The van der Waals surface area contributed by atoms with E-state index in [1.165, 1.54) is 0 Å². The Hall–Kier alpha value is -2.35. The number of hydrogen-bond donors (Lipinski definition) is 2. The Bertz CT molecular complexity index is 469. The van der Waals surface area contributed by atoms with E-state index in [4.69, 9.17) is 5.26 Å². The molecule has 0 bridgehead atoms. The molecule has 2 aromatic heterocycles. The topological polar surface area (TPSA) is 77.4 Å². The van der Waals surface area contributed by atoms with Crippen molar-refractivity contribution >= 4 is 5.69 Å². The Balaban J connectivity index is 2.02. The maximum Gasteiger partial charge on any atom is 0.142 e. The van der Waals surface area contributed by atoms with Gasteiger partial charge in [0, 0.05) is 18.1 Å². The van der Waals surface area contributed by atoms with Crippen LogP contribution in [0.1, 0.15) is 11.4 Å². The van der Waals surface area contributed by atoms with Crippen LogP contribution in [0.3, 0.4) is 0 Å². The third-order valence-electron chi connectivity index (χ3n) is 1.92. The lowest BCUT2D eigenvalue weighted by atomic mass is 10.3. The van der Waals surface area contributed by atoms with Gasteiger partial charge in [0.1, 0.15) is 11.8 Å². The van der Waals surface area contributed by atoms with Crippen molar-refractivity contribution in [3.63, 3.8) is 0 Å². The smallest absolute Gasteiger partial charge is 0.142 e. The first-order valence-electron chi connectivity index (χ1n) is 4.47. The molecule has 0 amide bonds. The van der Waals surface area contributed by atoms with Crippen molar-refractivity contribution in [3.05, 3.63) is 42.0 Å². The fourth-order valence-electron chi connectivity index (χ4n) is 1.18. The first kappa shape index (κ1) is 9.21. The molecule has 0 aromatic carbocycles. The van der Waals surface area contributed by atoms with Crippen molar-refractivity contribution < 1.29 is 0 Å². The first-order valence-corrected chi connectivity index (χ1v) is 4.47. The number of nitrogens with zero attached hydrogens (tertiary/aromatic N) is 3. The summed E-state index contributed by atoms with van der Waals surface area (Å²) in [4.78, 5) is 3.88. The van der Waals surface area contributed by atoms with Gasteiger partial charge in [0.15, 0.2) is 0 Å². The maximum absolute atomic E-state index is 8.66. The van der Waals surface area contributed by atoms with Gasteiger partial charge in [-0.15, -0.1) is 0 Å². The molecule has 0 fully saturated rings. The number of pyridine rings is 1. The molecule has 5 heteroatoms. The summed E-state index contributed by atoms with van der Waals surface area (Å²) < 4.78 is 0. The van der Waals surface area contributed by atoms with Crippen molar-refractivity contribution in [2.75, 3.05) is 5.32 Å². The number of hydrogen-bond acceptors (Lipinski definition) is 4. The number of rotatable bonds is 3. The minimum absolute atomic E-state index is 0.407. The number of anilines is 1. The molecule has 0 saturated carbocycles. The molecule has 5 nitrogen and oxygen atoms in total. The molecule has 0 saturated heterocycles. The fourth-order valence-corrected chi connectivity index (χ4v) is 1.18. The molecule has 0 aliphatic rings. The summed E-state index contributed by atoms with van der Waals surface area (Å²) in [6.45, 7) is 0.648. The molecule has 2 heterocycles. The van der Waals surface area contributed by atoms with E-state index in [0.717, 1.165) is 11.4 Å². The predicted molar refractivity (Wildman–Crippen MR) is 54.9 cm³/mol. The minimum Gasteiger partial charge on any atom is -0.379 e. The quantitative estimate of drug-likeness (QED) is 0.780. The molecule has 0 unspecified atom stereocenters. The molecule has 2 rings (SSSR count). The summed E-state index contributed by atoms with van der Waals surface area (Å²) in [5.74, 6) is 0. The summed E-state index contributed by atoms with van der Waals surface area (Å²) in [6, 6.07) is 7.40. The zero-order valence-electron chi connectivity index (χ0n) is 7.94. The van der Waals surface area contributed by atoms with Gasteiger partial charge in [0.05, 0.1) is 12.2 Å². The zero-order chi connectivity index (χ0) is 10.5. The molecule has 74 valence electrons. The number of nitriles is 1. The second-order valence-electron chi connectivity index (χ2n) is 2.98. The van der Waals surface area contributed by atoms with Crippen molar-refractivity contribution in [1.82, 2.24) is 15.2 Å². The van der Waals surface area contributed by atoms with Gasteiger partial charge in [0.25, 0.3) is 0 Å². The summed E-state index contributed by atoms with van der Waals surface area (Å²) in [5, 5.41) is 18.5. The van der Waals surface area contributed by atoms with Gasteiger partial charge < -0.3 is 5.32 Å². The average Bonchev–Trinajstić information content (AvgIpc) is 2.79. The Kier molecular flexibility index (Phi) is 2.61. The highest BCUT2D eigenvalue weighted by molar-refractivity contribution is 5.45. The molecule has 15 heavy (non-hydrogen) atoms. The van der Waals surface area contributed by atoms with Gasteiger partial charge in [-0.25, -0.2) is 4.98 Å². The standard InChI is InChI=1S/C10H9N5/c11-6-10-5-8(1-3-12-10)13-7-9-2-4-14-15-9/h1-5H,7H2,(H,12,13)(H,14,15). The number of aromatic amines is 1. The Labute approximate surface area is 86.8 Å². The monoisotopic (exact) mass is 199 g/mol. The molecule has 2 N–H and O–H groups in total. The molecular weight excluding hydrogens is 190 g/mol. The number of nitrogens with one attached hydrogen (secondary N) is 2. The fraction of sp³-hybridized carbons (Fsp3) is 0.100. The van der Waals surface area contributed by atoms with E-state index in [1.54, 1.807) is 18.5 Å². The molecule has 0 atom stereocenters. The van der Waals surface area contributed by atoms with Gasteiger partial charge in [-0.2, -0.15) is 10.4 Å². The van der Waals surface area contributed by atoms with Crippen LogP contribution < -0.4 is 5.32 Å². The van der Waals surface area contributed by atoms with E-state index in [-0.39, 0.29) is 0 Å². The third kappa shape index (κ3) is 2.31. The molecule has 0 aliphatic carbocycles. The highest BCUT2D eigenvalue weighted by Crippen LogP contribution is 2.08. The minimum atomic E-state index is 0.407. The number of aromatic nitrogens is 3. The van der Waals surface area contributed by atoms with E-state index in [0.29, 0.717) is 12.2 Å². The van der Waals surface area contributed by atoms with E-state index < -0.39 is 0 Å². The Morgan fingerprint density at radius 3 is 3.07 bits per heavy atom. The Morgan fingerprint density at radius 2 is 2.33 bits per heavy atom. The van der Waals surface area contributed by atoms with E-state index >= 15 is 0 Å². The summed E-state index contributed by atoms with van der Waals surface area (Å²) in [7, 11) is 0. The summed E-state index contributed by atoms with van der Waals surface area (Å²) >= 11 is 0. The molecule has 0 radical (unpaired) electrons. The van der Waals surface area contributed by atoms with Crippen LogP contribution in [-0.4, -0.2) is 15.2 Å². The van der Waals surface area contributed by atoms with Crippen molar-refractivity contribution in [2.24, 2.45) is 0 Å². The van der Waals surface area contributed by atoms with Crippen molar-refractivity contribution in [3.8, 4) is 6.07 Å². The lowest BCUT2D eigenvalue weighted by Crippen LogP contribution is -2.00. The van der Waals surface area contributed by atoms with Crippen LogP contribution in [0.15, 0.2) is 30.6 Å². The van der Waals surface area contributed by atoms with Crippen LogP contribution in [0.25, 0.3) is 0 Å². The second kappa shape index (κ2) is 4.24. The van der Waals surface area contributed by atoms with Crippen LogP contribution in [0.4, 0.5) is 5.69 Å². The van der Waals surface area contributed by atoms with E-state index in [2.05, 4.69) is 20.5 Å². The summed E-state index contributed by atoms with van der Waals surface area (Å²) in [6.07, 6.45) is 3.30. The highest BCUT2D eigenvalue weighted by Gasteiger charge is 1.96. The molecule has 2 aromatic rings. The van der Waals surface area contributed by atoms with Crippen LogP contribution in [0.2, 0.25) is 0 Å². The SMILES string of the molecule is N#Cc1cc(NCc2ccn[nH]2)ccn1. The second-order valence-corrected chi connectivity index (χ2v) is 2.98. The van der Waals surface area contributed by atoms with Crippen LogP contribution >= 0.6 is 0 Å². The highest BCUT2D eigenvalue weighted by atomic mass is 15.1. The Morgan fingerprint density at radius 1 is 1.40 bits per heavy atom. The van der Waals surface area contributed by atoms with E-state index in [1.807, 2.05) is 18.2 Å². The van der Waals surface area contributed by atoms with Gasteiger partial charge in [-0.05, 0) is 18.2 Å². The third-order valence-corrected chi connectivity index (χ3v) is 1.92. The van der Waals surface area contributed by atoms with Gasteiger partial charge in [-0.3, -0.25) is 5.10 Å². The largest absolute Gasteiger partial charge is 0.379 e. The van der Waals surface area contributed by atoms with E-state index in [9.17, 15) is 0 Å². The van der Waals surface area contributed by atoms with Crippen molar-refractivity contribution in [1.29, 1.82) is 5.26 Å². The normalized spacial score (nSPS) is 9.53. The lowest BCUT2D eigenvalue weighted by Gasteiger charge is -2.03. The van der Waals surface area contributed by atoms with Crippen LogP contribution in [0, 0.1) is 11.3 Å². The maximum atomic E-state index is 8.66. The zero-order valence-corrected chi connectivity index (χ0v) is 7.94. The molecule has 0 aliphatic heterocycles. The van der Waals surface area contributed by atoms with Crippen molar-refractivity contribution in [2.45, 2.75) is 6.54 Å². The van der Waals surface area contributed by atoms with Gasteiger partial charge >= 0.3 is 0 Å². The average molecular weight is 199 g/mol. The van der Waals surface area contributed by atoms with Gasteiger partial charge in [-0.1, -0.05) is 0 Å². The molecule has 0 spiro atoms. The summed E-state index contributed by atoms with van der Waals surface area (Å²) in [5.41, 5.74) is 2.27. The first-order chi connectivity index (χ1) is 7.38. The van der Waals surface area contributed by atoms with Crippen LogP contribution in [-0.2, 0) is 6.54 Å².